The predicted molar refractivity (Wildman–Crippen MR) is 10.8 cm³/mol. The number of hydrogen-bond acceptors (Lipinski definition) is 0. The van der Waals surface area contributed by atoms with Gasteiger partial charge in [0.1, 0.15) is 0 Å². The maximum Gasteiger partial charge on any atom is 0 e. The molecule has 0 amide bonds. The molecule has 0 atom stereocenters. The van der Waals surface area contributed by atoms with Gasteiger partial charge < -0.3 is 28.8 Å². The SMILES string of the molecule is O.O.O.[Cl-].[Mn]. The Balaban J connectivity index is 0. The molecule has 0 spiro atoms. The van der Waals surface area contributed by atoms with Gasteiger partial charge in [0, 0.05) is 17.1 Å². The van der Waals surface area contributed by atoms with Crippen molar-refractivity contribution in [2.75, 3.05) is 0 Å². The summed E-state index contributed by atoms with van der Waals surface area (Å²) in [5, 5.41) is 0. The maximum atomic E-state index is 0. The van der Waals surface area contributed by atoms with Crippen LogP contribution in [-0.4, -0.2) is 16.4 Å². The first kappa shape index (κ1) is 263. The summed E-state index contributed by atoms with van der Waals surface area (Å²) in [5.41, 5.74) is 0. The van der Waals surface area contributed by atoms with E-state index in [-0.39, 0.29) is 45.9 Å². The van der Waals surface area contributed by atoms with Crippen LogP contribution in [0, 0.1) is 0 Å². The van der Waals surface area contributed by atoms with Gasteiger partial charge in [-0.3, -0.25) is 0 Å². The molecule has 5 heavy (non-hydrogen) atoms. The summed E-state index contributed by atoms with van der Waals surface area (Å²) in [5.74, 6) is 0. The Bertz CT molecular complexity index is 6.85. The summed E-state index contributed by atoms with van der Waals surface area (Å²) in [7, 11) is 0. The van der Waals surface area contributed by atoms with Gasteiger partial charge in [-0.25, -0.2) is 0 Å². The Kier molecular flexibility index (Phi) is 7070. The van der Waals surface area contributed by atoms with Crippen LogP contribution in [0.2, 0.25) is 0 Å². The van der Waals surface area contributed by atoms with Crippen molar-refractivity contribution in [1.82, 2.24) is 0 Å². The van der Waals surface area contributed by atoms with E-state index in [0.29, 0.717) is 0 Å². The summed E-state index contributed by atoms with van der Waals surface area (Å²) < 4.78 is 0. The molecule has 0 aromatic rings. The average Bonchev–Trinajstić information content (AvgIpc) is 0. The van der Waals surface area contributed by atoms with Crippen molar-refractivity contribution in [3.05, 3.63) is 0 Å². The molecular formula is H6ClMnO3-. The quantitative estimate of drug-likeness (QED) is 0.303. The topological polar surface area (TPSA) is 94.5 Å². The van der Waals surface area contributed by atoms with Crippen LogP contribution >= 0.6 is 0 Å². The van der Waals surface area contributed by atoms with Crippen LogP contribution in [0.25, 0.3) is 0 Å². The fourth-order valence-corrected chi connectivity index (χ4v) is 0. The zero-order valence-electron chi connectivity index (χ0n) is 2.26. The first-order chi connectivity index (χ1) is 0. The molecule has 0 bridgehead atoms. The van der Waals surface area contributed by atoms with E-state index in [1.165, 1.54) is 0 Å². The minimum atomic E-state index is 0. The largest absolute Gasteiger partial charge is 1.00 e. The van der Waals surface area contributed by atoms with Crippen molar-refractivity contribution < 1.29 is 45.9 Å². The molecule has 0 fully saturated rings. The van der Waals surface area contributed by atoms with Crippen LogP contribution in [0.3, 0.4) is 0 Å². The fourth-order valence-electron chi connectivity index (χ4n) is 0. The minimum absolute atomic E-state index is 0. The van der Waals surface area contributed by atoms with Gasteiger partial charge in [0.05, 0.1) is 0 Å². The second-order valence-corrected chi connectivity index (χ2v) is 0. The molecule has 0 saturated carbocycles. The van der Waals surface area contributed by atoms with Gasteiger partial charge in [0.15, 0.2) is 0 Å². The van der Waals surface area contributed by atoms with Gasteiger partial charge in [-0.15, -0.1) is 0 Å². The van der Waals surface area contributed by atoms with E-state index in [1.807, 2.05) is 0 Å². The van der Waals surface area contributed by atoms with Crippen molar-refractivity contribution in [2.24, 2.45) is 0 Å². The molecule has 3 nitrogen and oxygen atoms in total. The molecule has 0 aromatic heterocycles. The summed E-state index contributed by atoms with van der Waals surface area (Å²) >= 11 is 0. The van der Waals surface area contributed by atoms with Gasteiger partial charge in [0.2, 0.25) is 0 Å². The summed E-state index contributed by atoms with van der Waals surface area (Å²) in [6.07, 6.45) is 0. The molecule has 5 heteroatoms. The van der Waals surface area contributed by atoms with Crippen LogP contribution in [0.1, 0.15) is 0 Å². The van der Waals surface area contributed by atoms with Gasteiger partial charge in [-0.05, 0) is 0 Å². The predicted octanol–water partition coefficient (Wildman–Crippen LogP) is -5.47. The van der Waals surface area contributed by atoms with Crippen molar-refractivity contribution in [3.8, 4) is 0 Å². The average molecular weight is 144 g/mol. The minimum Gasteiger partial charge on any atom is -1.00 e. The Hall–Kier alpha value is 0.689. The standard InChI is InChI=1S/ClH.Mn.3H2O/h1H;;3*1H2/p-1. The van der Waals surface area contributed by atoms with Crippen molar-refractivity contribution >= 4 is 0 Å². The third kappa shape index (κ3) is 71.4. The van der Waals surface area contributed by atoms with E-state index in [1.54, 1.807) is 0 Å². The third-order valence-electron chi connectivity index (χ3n) is 0. The number of halogens is 1. The molecule has 0 unspecified atom stereocenters. The summed E-state index contributed by atoms with van der Waals surface area (Å²) in [6, 6.07) is 0. The number of hydrogen-bond donors (Lipinski definition) is 0. The van der Waals surface area contributed by atoms with Crippen molar-refractivity contribution in [3.63, 3.8) is 0 Å². The van der Waals surface area contributed by atoms with E-state index in [2.05, 4.69) is 0 Å². The van der Waals surface area contributed by atoms with Crippen LogP contribution in [0.4, 0.5) is 0 Å². The van der Waals surface area contributed by atoms with Crippen LogP contribution < -0.4 is 12.4 Å². The van der Waals surface area contributed by atoms with Crippen LogP contribution in [-0.2, 0) is 17.1 Å². The van der Waals surface area contributed by atoms with E-state index < -0.39 is 0 Å². The van der Waals surface area contributed by atoms with Crippen molar-refractivity contribution in [2.45, 2.75) is 0 Å². The van der Waals surface area contributed by atoms with E-state index in [9.17, 15) is 0 Å². The molecule has 0 aliphatic heterocycles. The molecule has 0 aliphatic carbocycles. The zero-order chi connectivity index (χ0) is 0. The Morgan fingerprint density at radius 1 is 0.600 bits per heavy atom. The molecule has 6 N–H and O–H groups in total. The first-order valence-corrected chi connectivity index (χ1v) is 0. The molecule has 0 rings (SSSR count). The fraction of sp³-hybridized carbons (Fsp3) is 0. The summed E-state index contributed by atoms with van der Waals surface area (Å²) in [4.78, 5) is 0. The normalized spacial score (nSPS) is 0. The second-order valence-electron chi connectivity index (χ2n) is 0. The van der Waals surface area contributed by atoms with Gasteiger partial charge in [0.25, 0.3) is 0 Å². The van der Waals surface area contributed by atoms with Crippen LogP contribution in [0.15, 0.2) is 0 Å². The second kappa shape index (κ2) is 134. The molecule has 0 aliphatic rings. The summed E-state index contributed by atoms with van der Waals surface area (Å²) in [6.45, 7) is 0. The van der Waals surface area contributed by atoms with Crippen molar-refractivity contribution in [1.29, 1.82) is 0 Å². The van der Waals surface area contributed by atoms with Gasteiger partial charge >= 0.3 is 0 Å². The Morgan fingerprint density at radius 2 is 0.600 bits per heavy atom. The monoisotopic (exact) mass is 144 g/mol. The smallest absolute Gasteiger partial charge is 0 e. The van der Waals surface area contributed by atoms with E-state index in [4.69, 9.17) is 0 Å². The third-order valence-corrected chi connectivity index (χ3v) is 0. The number of rotatable bonds is 0. The van der Waals surface area contributed by atoms with Gasteiger partial charge in [-0.2, -0.15) is 0 Å². The van der Waals surface area contributed by atoms with E-state index >= 15 is 0 Å². The molecule has 39 valence electrons. The molecule has 1 radical (unpaired) electrons. The van der Waals surface area contributed by atoms with E-state index in [0.717, 1.165) is 0 Å². The molecule has 0 aromatic carbocycles. The van der Waals surface area contributed by atoms with Crippen LogP contribution in [0.5, 0.6) is 0 Å². The molecule has 0 heterocycles. The molecule has 0 saturated heterocycles. The molecular weight excluding hydrogens is 138 g/mol. The Labute approximate surface area is 46.6 Å². The first-order valence-electron chi connectivity index (χ1n) is 0. The zero-order valence-corrected chi connectivity index (χ0v) is 4.19. The Morgan fingerprint density at radius 3 is 0.600 bits per heavy atom. The maximum absolute atomic E-state index is 0. The van der Waals surface area contributed by atoms with Gasteiger partial charge in [-0.1, -0.05) is 0 Å².